The summed E-state index contributed by atoms with van der Waals surface area (Å²) in [6.07, 6.45) is -4.77. The van der Waals surface area contributed by atoms with Crippen LogP contribution in [0.2, 0.25) is 0 Å². The third-order valence-electron chi connectivity index (χ3n) is 2.35. The van der Waals surface area contributed by atoms with Crippen LogP contribution in [0.1, 0.15) is 6.92 Å². The van der Waals surface area contributed by atoms with Crippen LogP contribution in [0, 0.1) is 0 Å². The van der Waals surface area contributed by atoms with E-state index in [-0.39, 0.29) is 18.0 Å². The lowest BCUT2D eigenvalue weighted by Crippen LogP contribution is -2.33. The lowest BCUT2D eigenvalue weighted by atomic mass is 10.3. The SMILES string of the molecule is CCNCC(=O)Nn1nc2ccc(OC(F)(F)F)cc2n1. The highest BCUT2D eigenvalue weighted by atomic mass is 19.4. The van der Waals surface area contributed by atoms with Gasteiger partial charge in [0.2, 0.25) is 0 Å². The van der Waals surface area contributed by atoms with Crippen molar-refractivity contribution in [2.45, 2.75) is 13.3 Å². The number of ether oxygens (including phenoxy) is 1. The number of fused-ring (bicyclic) bond motifs is 1. The molecular formula is C11H12F3N5O2. The summed E-state index contributed by atoms with van der Waals surface area (Å²) in [5, 5.41) is 10.6. The van der Waals surface area contributed by atoms with Gasteiger partial charge in [-0.3, -0.25) is 4.79 Å². The first kappa shape index (κ1) is 15.0. The molecule has 0 saturated carbocycles. The minimum absolute atomic E-state index is 0.0802. The number of nitrogens with one attached hydrogen (secondary N) is 2. The minimum Gasteiger partial charge on any atom is -0.406 e. The number of nitrogens with zero attached hydrogens (tertiary/aromatic N) is 3. The van der Waals surface area contributed by atoms with Crippen LogP contribution in [0.5, 0.6) is 5.75 Å². The molecule has 10 heteroatoms. The summed E-state index contributed by atoms with van der Waals surface area (Å²) in [4.78, 5) is 12.4. The van der Waals surface area contributed by atoms with Crippen LogP contribution in [0.3, 0.4) is 0 Å². The van der Waals surface area contributed by atoms with E-state index in [1.165, 1.54) is 6.07 Å². The van der Waals surface area contributed by atoms with Gasteiger partial charge in [-0.2, -0.15) is 0 Å². The summed E-state index contributed by atoms with van der Waals surface area (Å²) in [5.41, 5.74) is 2.86. The van der Waals surface area contributed by atoms with Crippen molar-refractivity contribution < 1.29 is 22.7 Å². The Kier molecular flexibility index (Phi) is 4.26. The number of benzene rings is 1. The Balaban J connectivity index is 2.12. The van der Waals surface area contributed by atoms with E-state index >= 15 is 0 Å². The number of likely N-dealkylation sites (N-methyl/N-ethyl adjacent to an activating group) is 1. The summed E-state index contributed by atoms with van der Waals surface area (Å²) in [6, 6.07) is 3.52. The van der Waals surface area contributed by atoms with Crippen molar-refractivity contribution in [3.63, 3.8) is 0 Å². The highest BCUT2D eigenvalue weighted by molar-refractivity contribution is 5.85. The van der Waals surface area contributed by atoms with Gasteiger partial charge in [0.1, 0.15) is 16.8 Å². The first-order valence-electron chi connectivity index (χ1n) is 6.01. The van der Waals surface area contributed by atoms with E-state index in [1.807, 2.05) is 6.92 Å². The maximum absolute atomic E-state index is 12.1. The zero-order valence-electron chi connectivity index (χ0n) is 10.9. The number of carbonyl (C=O) groups excluding carboxylic acids is 1. The molecule has 1 aromatic carbocycles. The van der Waals surface area contributed by atoms with Crippen LogP contribution in [-0.2, 0) is 4.79 Å². The molecule has 0 aliphatic carbocycles. The van der Waals surface area contributed by atoms with Crippen molar-refractivity contribution in [2.24, 2.45) is 0 Å². The zero-order chi connectivity index (χ0) is 15.5. The van der Waals surface area contributed by atoms with Crippen LogP contribution in [0.25, 0.3) is 11.0 Å². The molecule has 0 atom stereocenters. The number of rotatable bonds is 5. The van der Waals surface area contributed by atoms with Gasteiger partial charge in [-0.05, 0) is 18.7 Å². The van der Waals surface area contributed by atoms with Gasteiger partial charge in [-0.15, -0.1) is 23.4 Å². The van der Waals surface area contributed by atoms with Crippen molar-refractivity contribution in [1.82, 2.24) is 20.4 Å². The number of amides is 1. The van der Waals surface area contributed by atoms with E-state index in [1.54, 1.807) is 0 Å². The summed E-state index contributed by atoms with van der Waals surface area (Å²) in [7, 11) is 0. The fourth-order valence-electron chi connectivity index (χ4n) is 1.53. The standard InChI is InChI=1S/C11H12F3N5O2/c1-2-15-6-10(20)18-19-16-8-4-3-7(5-9(8)17-19)21-11(12,13)14/h3-5,15H,2,6H2,1H3,(H,18,20). The number of hydrogen-bond donors (Lipinski definition) is 2. The molecule has 0 fully saturated rings. The number of hydrogen-bond acceptors (Lipinski definition) is 5. The highest BCUT2D eigenvalue weighted by Crippen LogP contribution is 2.24. The molecule has 0 radical (unpaired) electrons. The molecule has 1 aromatic heterocycles. The fourth-order valence-corrected chi connectivity index (χ4v) is 1.53. The van der Waals surface area contributed by atoms with E-state index in [0.717, 1.165) is 17.0 Å². The number of halogens is 3. The Labute approximate surface area is 117 Å². The first-order valence-corrected chi connectivity index (χ1v) is 6.01. The second kappa shape index (κ2) is 5.95. The molecule has 1 heterocycles. The molecule has 7 nitrogen and oxygen atoms in total. The summed E-state index contributed by atoms with van der Waals surface area (Å²) < 4.78 is 40.1. The van der Waals surface area contributed by atoms with Crippen LogP contribution < -0.4 is 15.5 Å². The van der Waals surface area contributed by atoms with Crippen molar-refractivity contribution in [2.75, 3.05) is 18.5 Å². The maximum atomic E-state index is 12.1. The van der Waals surface area contributed by atoms with Crippen LogP contribution in [-0.4, -0.2) is 40.5 Å². The van der Waals surface area contributed by atoms with Crippen molar-refractivity contribution in [3.05, 3.63) is 18.2 Å². The molecule has 0 saturated heterocycles. The topological polar surface area (TPSA) is 81.1 Å². The van der Waals surface area contributed by atoms with Gasteiger partial charge in [0.25, 0.3) is 5.91 Å². The third kappa shape index (κ3) is 4.31. The molecule has 0 aliphatic rings. The second-order valence-electron chi connectivity index (χ2n) is 4.00. The Hall–Kier alpha value is -2.36. The number of alkyl halides is 3. The van der Waals surface area contributed by atoms with E-state index in [9.17, 15) is 18.0 Å². The van der Waals surface area contributed by atoms with E-state index in [4.69, 9.17) is 0 Å². The summed E-state index contributed by atoms with van der Waals surface area (Å²) >= 11 is 0. The zero-order valence-corrected chi connectivity index (χ0v) is 10.9. The fraction of sp³-hybridized carbons (Fsp3) is 0.364. The second-order valence-corrected chi connectivity index (χ2v) is 4.00. The molecule has 2 aromatic rings. The normalized spacial score (nSPS) is 11.6. The Morgan fingerprint density at radius 2 is 2.05 bits per heavy atom. The summed E-state index contributed by atoms with van der Waals surface area (Å²) in [5.74, 6) is -0.773. The van der Waals surface area contributed by atoms with Crippen molar-refractivity contribution in [1.29, 1.82) is 0 Å². The molecule has 2 N–H and O–H groups in total. The van der Waals surface area contributed by atoms with Crippen molar-refractivity contribution >= 4 is 16.9 Å². The van der Waals surface area contributed by atoms with E-state index in [2.05, 4.69) is 25.7 Å². The Bertz CT molecular complexity index is 640. The average Bonchev–Trinajstić information content (AvgIpc) is 2.75. The third-order valence-corrected chi connectivity index (χ3v) is 2.35. The van der Waals surface area contributed by atoms with E-state index < -0.39 is 12.1 Å². The quantitative estimate of drug-likeness (QED) is 0.861. The van der Waals surface area contributed by atoms with Gasteiger partial charge in [-0.1, -0.05) is 11.8 Å². The van der Waals surface area contributed by atoms with Gasteiger partial charge in [0, 0.05) is 6.07 Å². The molecule has 1 amide bonds. The molecule has 0 spiro atoms. The van der Waals surface area contributed by atoms with Gasteiger partial charge in [-0.25, -0.2) is 5.43 Å². The average molecular weight is 303 g/mol. The lowest BCUT2D eigenvalue weighted by Gasteiger charge is -2.07. The Morgan fingerprint density at radius 3 is 2.71 bits per heavy atom. The van der Waals surface area contributed by atoms with Gasteiger partial charge in [0.15, 0.2) is 0 Å². The molecule has 0 unspecified atom stereocenters. The monoisotopic (exact) mass is 303 g/mol. The van der Waals surface area contributed by atoms with Gasteiger partial charge < -0.3 is 10.1 Å². The van der Waals surface area contributed by atoms with Crippen molar-refractivity contribution in [3.8, 4) is 5.75 Å². The summed E-state index contributed by atoms with van der Waals surface area (Å²) in [6.45, 7) is 2.55. The molecule has 0 bridgehead atoms. The van der Waals surface area contributed by atoms with Gasteiger partial charge in [0.05, 0.1) is 6.54 Å². The number of carbonyl (C=O) groups is 1. The smallest absolute Gasteiger partial charge is 0.406 e. The first-order chi connectivity index (χ1) is 9.87. The molecular weight excluding hydrogens is 291 g/mol. The molecule has 21 heavy (non-hydrogen) atoms. The predicted molar refractivity (Wildman–Crippen MR) is 67.1 cm³/mol. The van der Waals surface area contributed by atoms with Crippen LogP contribution >= 0.6 is 0 Å². The minimum atomic E-state index is -4.77. The van der Waals surface area contributed by atoms with Crippen LogP contribution in [0.4, 0.5) is 13.2 Å². The largest absolute Gasteiger partial charge is 0.573 e. The maximum Gasteiger partial charge on any atom is 0.573 e. The van der Waals surface area contributed by atoms with Gasteiger partial charge >= 0.3 is 6.36 Å². The number of aromatic nitrogens is 3. The molecule has 2 rings (SSSR count). The Morgan fingerprint density at radius 1 is 1.33 bits per heavy atom. The van der Waals surface area contributed by atoms with E-state index in [0.29, 0.717) is 12.1 Å². The lowest BCUT2D eigenvalue weighted by molar-refractivity contribution is -0.274. The highest BCUT2D eigenvalue weighted by Gasteiger charge is 2.31. The molecule has 0 aliphatic heterocycles. The molecule has 114 valence electrons. The predicted octanol–water partition coefficient (Wildman–Crippen LogP) is 1.01. The van der Waals surface area contributed by atoms with Crippen LogP contribution in [0.15, 0.2) is 18.2 Å².